The van der Waals surface area contributed by atoms with Gasteiger partial charge in [-0.2, -0.15) is 0 Å². The van der Waals surface area contributed by atoms with Crippen LogP contribution in [0.3, 0.4) is 0 Å². The van der Waals surface area contributed by atoms with Crippen molar-refractivity contribution in [2.45, 2.75) is 12.6 Å². The highest BCUT2D eigenvalue weighted by Crippen LogP contribution is 2.12. The molecule has 1 atom stereocenters. The maximum atomic E-state index is 12.9. The first kappa shape index (κ1) is 15.9. The monoisotopic (exact) mass is 329 g/mol. The standard InChI is InChI=1S/C17H16FN3O3/c18-12-7-5-11(6-8-12)15(22)9-19-16(23)10-21-14-4-2-1-3-13(14)20-17(21)24/h1-8,15,22H,9-10H2,(H,19,23)(H,20,24). The number of hydrogen-bond acceptors (Lipinski definition) is 3. The van der Waals surface area contributed by atoms with Crippen molar-refractivity contribution in [2.24, 2.45) is 0 Å². The van der Waals surface area contributed by atoms with Crippen LogP contribution in [0.15, 0.2) is 53.3 Å². The fourth-order valence-electron chi connectivity index (χ4n) is 2.48. The van der Waals surface area contributed by atoms with E-state index in [0.717, 1.165) is 0 Å². The van der Waals surface area contributed by atoms with Crippen LogP contribution in [-0.2, 0) is 11.3 Å². The number of para-hydroxylation sites is 2. The molecule has 0 aliphatic heterocycles. The molecule has 1 heterocycles. The van der Waals surface area contributed by atoms with Crippen molar-refractivity contribution in [2.75, 3.05) is 6.54 Å². The van der Waals surface area contributed by atoms with Crippen molar-refractivity contribution in [3.8, 4) is 0 Å². The van der Waals surface area contributed by atoms with E-state index in [0.29, 0.717) is 16.6 Å². The fourth-order valence-corrected chi connectivity index (χ4v) is 2.48. The Morgan fingerprint density at radius 3 is 2.67 bits per heavy atom. The van der Waals surface area contributed by atoms with Crippen LogP contribution in [0, 0.1) is 5.82 Å². The third kappa shape index (κ3) is 3.36. The second-order valence-corrected chi connectivity index (χ2v) is 5.40. The number of rotatable bonds is 5. The van der Waals surface area contributed by atoms with Crippen molar-refractivity contribution in [3.63, 3.8) is 0 Å². The molecule has 1 aromatic heterocycles. The van der Waals surface area contributed by atoms with Gasteiger partial charge in [0.05, 0.1) is 17.1 Å². The van der Waals surface area contributed by atoms with E-state index in [4.69, 9.17) is 0 Å². The zero-order chi connectivity index (χ0) is 17.1. The number of aliphatic hydroxyl groups is 1. The normalized spacial score (nSPS) is 12.2. The van der Waals surface area contributed by atoms with Gasteiger partial charge < -0.3 is 15.4 Å². The van der Waals surface area contributed by atoms with Gasteiger partial charge in [0.25, 0.3) is 0 Å². The second-order valence-electron chi connectivity index (χ2n) is 5.40. The number of benzene rings is 2. The molecule has 0 fully saturated rings. The van der Waals surface area contributed by atoms with Crippen LogP contribution in [0.5, 0.6) is 0 Å². The first-order valence-corrected chi connectivity index (χ1v) is 7.42. The summed E-state index contributed by atoms with van der Waals surface area (Å²) < 4.78 is 14.2. The van der Waals surface area contributed by atoms with Gasteiger partial charge in [-0.3, -0.25) is 9.36 Å². The molecule has 3 N–H and O–H groups in total. The molecule has 0 bridgehead atoms. The molecule has 0 saturated heterocycles. The van der Waals surface area contributed by atoms with Gasteiger partial charge in [0, 0.05) is 6.54 Å². The van der Waals surface area contributed by atoms with Crippen molar-refractivity contribution in [1.82, 2.24) is 14.9 Å². The highest BCUT2D eigenvalue weighted by molar-refractivity contribution is 5.80. The SMILES string of the molecule is O=C(Cn1c(=O)[nH]c2ccccc21)NCC(O)c1ccc(F)cc1. The number of carbonyl (C=O) groups is 1. The van der Waals surface area contributed by atoms with Crippen LogP contribution >= 0.6 is 0 Å². The van der Waals surface area contributed by atoms with Gasteiger partial charge in [0.15, 0.2) is 0 Å². The summed E-state index contributed by atoms with van der Waals surface area (Å²) >= 11 is 0. The third-order valence-electron chi connectivity index (χ3n) is 3.73. The van der Waals surface area contributed by atoms with Crippen molar-refractivity contribution < 1.29 is 14.3 Å². The Kier molecular flexibility index (Phi) is 4.43. The second kappa shape index (κ2) is 6.67. The number of aliphatic hydroxyl groups excluding tert-OH is 1. The molecule has 0 aliphatic carbocycles. The predicted molar refractivity (Wildman–Crippen MR) is 86.9 cm³/mol. The van der Waals surface area contributed by atoms with E-state index in [2.05, 4.69) is 10.3 Å². The van der Waals surface area contributed by atoms with Crippen LogP contribution in [0.25, 0.3) is 11.0 Å². The van der Waals surface area contributed by atoms with Gasteiger partial charge >= 0.3 is 5.69 Å². The quantitative estimate of drug-likeness (QED) is 0.660. The largest absolute Gasteiger partial charge is 0.387 e. The number of imidazole rings is 1. The highest BCUT2D eigenvalue weighted by Gasteiger charge is 2.13. The molecule has 0 spiro atoms. The molecule has 0 saturated carbocycles. The molecule has 1 amide bonds. The number of H-pyrrole nitrogens is 1. The Bertz CT molecular complexity index is 915. The summed E-state index contributed by atoms with van der Waals surface area (Å²) in [5, 5.41) is 12.6. The number of aromatic amines is 1. The molecule has 3 aromatic rings. The van der Waals surface area contributed by atoms with Crippen LogP contribution in [0.2, 0.25) is 0 Å². The number of aromatic nitrogens is 2. The lowest BCUT2D eigenvalue weighted by Gasteiger charge is -2.12. The molecule has 124 valence electrons. The van der Waals surface area contributed by atoms with Gasteiger partial charge in [0.1, 0.15) is 12.4 Å². The van der Waals surface area contributed by atoms with E-state index in [1.165, 1.54) is 28.8 Å². The summed E-state index contributed by atoms with van der Waals surface area (Å²) in [4.78, 5) is 26.6. The Morgan fingerprint density at radius 1 is 1.21 bits per heavy atom. The van der Waals surface area contributed by atoms with E-state index in [9.17, 15) is 19.1 Å². The molecule has 6 nitrogen and oxygen atoms in total. The van der Waals surface area contributed by atoms with E-state index >= 15 is 0 Å². The average molecular weight is 329 g/mol. The molecular weight excluding hydrogens is 313 g/mol. The summed E-state index contributed by atoms with van der Waals surface area (Å²) in [6.07, 6.45) is -0.950. The number of carbonyl (C=O) groups excluding carboxylic acids is 1. The molecule has 24 heavy (non-hydrogen) atoms. The van der Waals surface area contributed by atoms with Gasteiger partial charge in [-0.05, 0) is 29.8 Å². The number of fused-ring (bicyclic) bond motifs is 1. The topological polar surface area (TPSA) is 87.1 Å². The summed E-state index contributed by atoms with van der Waals surface area (Å²) in [6.45, 7) is -0.180. The summed E-state index contributed by atoms with van der Waals surface area (Å²) in [7, 11) is 0. The third-order valence-corrected chi connectivity index (χ3v) is 3.73. The molecule has 7 heteroatoms. The van der Waals surface area contributed by atoms with Crippen molar-refractivity contribution in [3.05, 3.63) is 70.4 Å². The van der Waals surface area contributed by atoms with E-state index < -0.39 is 17.8 Å². The van der Waals surface area contributed by atoms with Crippen LogP contribution in [-0.4, -0.2) is 27.1 Å². The Balaban J connectivity index is 1.64. The average Bonchev–Trinajstić information content (AvgIpc) is 2.89. The van der Waals surface area contributed by atoms with Crippen LogP contribution in [0.4, 0.5) is 4.39 Å². The lowest BCUT2D eigenvalue weighted by molar-refractivity contribution is -0.122. The van der Waals surface area contributed by atoms with Crippen molar-refractivity contribution in [1.29, 1.82) is 0 Å². The van der Waals surface area contributed by atoms with Crippen molar-refractivity contribution >= 4 is 16.9 Å². The highest BCUT2D eigenvalue weighted by atomic mass is 19.1. The molecule has 0 radical (unpaired) electrons. The lowest BCUT2D eigenvalue weighted by Crippen LogP contribution is -2.33. The molecule has 3 rings (SSSR count). The molecule has 1 unspecified atom stereocenters. The van der Waals surface area contributed by atoms with Gasteiger partial charge in [0.2, 0.25) is 5.91 Å². The number of amides is 1. The minimum absolute atomic E-state index is 0.0262. The Labute approximate surface area is 136 Å². The first-order chi connectivity index (χ1) is 11.5. The van der Waals surface area contributed by atoms with Crippen LogP contribution in [0.1, 0.15) is 11.7 Å². The minimum atomic E-state index is -0.950. The number of nitrogens with zero attached hydrogens (tertiary/aromatic N) is 1. The predicted octanol–water partition coefficient (Wildman–Crippen LogP) is 1.32. The Hall–Kier alpha value is -2.93. The Morgan fingerprint density at radius 2 is 1.92 bits per heavy atom. The van der Waals surface area contributed by atoms with E-state index in [1.807, 2.05) is 0 Å². The zero-order valence-corrected chi connectivity index (χ0v) is 12.7. The van der Waals surface area contributed by atoms with Gasteiger partial charge in [-0.25, -0.2) is 9.18 Å². The van der Waals surface area contributed by atoms with E-state index in [1.54, 1.807) is 24.3 Å². The summed E-state index contributed by atoms with van der Waals surface area (Å²) in [5.41, 5.74) is 1.42. The first-order valence-electron chi connectivity index (χ1n) is 7.42. The number of hydrogen-bond donors (Lipinski definition) is 3. The summed E-state index contributed by atoms with van der Waals surface area (Å²) in [6, 6.07) is 12.5. The molecular formula is C17H16FN3O3. The maximum Gasteiger partial charge on any atom is 0.326 e. The zero-order valence-electron chi connectivity index (χ0n) is 12.7. The van der Waals surface area contributed by atoms with E-state index in [-0.39, 0.29) is 18.8 Å². The summed E-state index contributed by atoms with van der Waals surface area (Å²) in [5.74, 6) is -0.795. The maximum absolute atomic E-state index is 12.9. The minimum Gasteiger partial charge on any atom is -0.387 e. The van der Waals surface area contributed by atoms with Gasteiger partial charge in [-0.1, -0.05) is 24.3 Å². The number of halogens is 1. The van der Waals surface area contributed by atoms with Crippen LogP contribution < -0.4 is 11.0 Å². The molecule has 0 aliphatic rings. The number of nitrogens with one attached hydrogen (secondary N) is 2. The lowest BCUT2D eigenvalue weighted by atomic mass is 10.1. The molecule has 2 aromatic carbocycles. The smallest absolute Gasteiger partial charge is 0.326 e. The fraction of sp³-hybridized carbons (Fsp3) is 0.176. The van der Waals surface area contributed by atoms with Gasteiger partial charge in [-0.15, -0.1) is 0 Å².